The summed E-state index contributed by atoms with van der Waals surface area (Å²) < 4.78 is 5.16. The van der Waals surface area contributed by atoms with Crippen LogP contribution >= 0.6 is 11.6 Å². The van der Waals surface area contributed by atoms with Gasteiger partial charge in [0.05, 0.1) is 11.8 Å². The first-order chi connectivity index (χ1) is 12.6. The number of benzene rings is 1. The van der Waals surface area contributed by atoms with Crippen molar-refractivity contribution >= 4 is 23.5 Å². The number of carbonyl (C=O) groups is 2. The van der Waals surface area contributed by atoms with E-state index in [9.17, 15) is 9.59 Å². The van der Waals surface area contributed by atoms with Crippen LogP contribution < -0.4 is 5.32 Å². The summed E-state index contributed by atoms with van der Waals surface area (Å²) in [6, 6.07) is 10.9. The van der Waals surface area contributed by atoms with Gasteiger partial charge in [-0.05, 0) is 36.6 Å². The minimum Gasteiger partial charge on any atom is -0.459 e. The maximum Gasteiger partial charge on any atom is 0.318 e. The van der Waals surface area contributed by atoms with E-state index in [0.717, 1.165) is 18.4 Å². The number of nitrogens with one attached hydrogen (secondary N) is 1. The normalized spacial score (nSPS) is 18.5. The molecule has 0 bridgehead atoms. The zero-order valence-corrected chi connectivity index (χ0v) is 15.0. The lowest BCUT2D eigenvalue weighted by molar-refractivity contribution is 0.0632. The standard InChI is InChI=1S/C19H20ClN3O3/c20-15-5-2-1-4-14(15)19(7-8-19)21-18(25)23-11-9-22(10-12-23)17(24)16-6-3-13-26-16/h1-6,13H,7-12H2,(H,21,25). The number of urea groups is 1. The lowest BCUT2D eigenvalue weighted by Gasteiger charge is -2.35. The van der Waals surface area contributed by atoms with Crippen LogP contribution in [0.25, 0.3) is 0 Å². The lowest BCUT2D eigenvalue weighted by atomic mass is 10.1. The van der Waals surface area contributed by atoms with Gasteiger partial charge in [0.2, 0.25) is 0 Å². The third-order valence-corrected chi connectivity index (χ3v) is 5.40. The highest BCUT2D eigenvalue weighted by molar-refractivity contribution is 6.31. The van der Waals surface area contributed by atoms with Crippen LogP contribution in [0.4, 0.5) is 4.79 Å². The molecule has 1 saturated heterocycles. The number of hydrogen-bond acceptors (Lipinski definition) is 3. The number of piperazine rings is 1. The largest absolute Gasteiger partial charge is 0.459 e. The van der Waals surface area contributed by atoms with Crippen molar-refractivity contribution in [3.63, 3.8) is 0 Å². The van der Waals surface area contributed by atoms with Gasteiger partial charge in [-0.1, -0.05) is 29.8 Å². The second kappa shape index (κ2) is 6.68. The maximum atomic E-state index is 12.7. The Bertz CT molecular complexity index is 809. The van der Waals surface area contributed by atoms with Crippen LogP contribution in [-0.4, -0.2) is 47.9 Å². The fraction of sp³-hybridized carbons (Fsp3) is 0.368. The molecule has 1 N–H and O–H groups in total. The van der Waals surface area contributed by atoms with Crippen molar-refractivity contribution in [3.8, 4) is 0 Å². The molecule has 136 valence electrons. The molecule has 0 atom stereocenters. The van der Waals surface area contributed by atoms with Crippen molar-refractivity contribution in [2.24, 2.45) is 0 Å². The van der Waals surface area contributed by atoms with Crippen molar-refractivity contribution < 1.29 is 14.0 Å². The Hall–Kier alpha value is -2.47. The molecule has 1 saturated carbocycles. The second-order valence-electron chi connectivity index (χ2n) is 6.75. The molecule has 2 aliphatic rings. The average molecular weight is 374 g/mol. The number of halogens is 1. The fourth-order valence-electron chi connectivity index (χ4n) is 3.39. The van der Waals surface area contributed by atoms with Crippen molar-refractivity contribution in [2.75, 3.05) is 26.2 Å². The van der Waals surface area contributed by atoms with E-state index >= 15 is 0 Å². The zero-order valence-electron chi connectivity index (χ0n) is 14.3. The average Bonchev–Trinajstić information content (AvgIpc) is 3.22. The molecule has 1 aromatic carbocycles. The Kier molecular flexibility index (Phi) is 4.36. The minimum atomic E-state index is -0.351. The van der Waals surface area contributed by atoms with Crippen LogP contribution in [0.5, 0.6) is 0 Å². The highest BCUT2D eigenvalue weighted by Crippen LogP contribution is 2.48. The molecule has 1 aromatic heterocycles. The number of hydrogen-bond donors (Lipinski definition) is 1. The van der Waals surface area contributed by atoms with Gasteiger partial charge in [0.1, 0.15) is 0 Å². The van der Waals surface area contributed by atoms with E-state index in [4.69, 9.17) is 16.0 Å². The quantitative estimate of drug-likeness (QED) is 0.899. The molecule has 0 radical (unpaired) electrons. The number of rotatable bonds is 3. The summed E-state index contributed by atoms with van der Waals surface area (Å²) in [7, 11) is 0. The van der Waals surface area contributed by atoms with E-state index in [0.29, 0.717) is 37.0 Å². The van der Waals surface area contributed by atoms with Crippen LogP contribution in [0.3, 0.4) is 0 Å². The Morgan fingerprint density at radius 3 is 2.31 bits per heavy atom. The topological polar surface area (TPSA) is 65.8 Å². The van der Waals surface area contributed by atoms with E-state index in [-0.39, 0.29) is 17.5 Å². The van der Waals surface area contributed by atoms with Crippen molar-refractivity contribution in [2.45, 2.75) is 18.4 Å². The van der Waals surface area contributed by atoms with Gasteiger partial charge in [0, 0.05) is 31.2 Å². The summed E-state index contributed by atoms with van der Waals surface area (Å²) in [5.74, 6) is 0.198. The SMILES string of the molecule is O=C(NC1(c2ccccc2Cl)CC1)N1CCN(C(=O)c2ccco2)CC1. The summed E-state index contributed by atoms with van der Waals surface area (Å²) in [5.41, 5.74) is 0.623. The highest BCUT2D eigenvalue weighted by Gasteiger charge is 2.47. The van der Waals surface area contributed by atoms with Gasteiger partial charge in [0.25, 0.3) is 5.91 Å². The van der Waals surface area contributed by atoms with E-state index in [1.807, 2.05) is 24.3 Å². The Labute approximate surface area is 156 Å². The van der Waals surface area contributed by atoms with Gasteiger partial charge in [-0.3, -0.25) is 4.79 Å². The molecule has 2 heterocycles. The van der Waals surface area contributed by atoms with Gasteiger partial charge < -0.3 is 19.5 Å². The Balaban J connectivity index is 1.36. The molecule has 7 heteroatoms. The molecule has 3 amide bonds. The van der Waals surface area contributed by atoms with Gasteiger partial charge in [-0.15, -0.1) is 0 Å². The van der Waals surface area contributed by atoms with E-state index in [1.165, 1.54) is 6.26 Å². The predicted molar refractivity (Wildman–Crippen MR) is 97.1 cm³/mol. The summed E-state index contributed by atoms with van der Waals surface area (Å²) in [6.45, 7) is 1.98. The first-order valence-electron chi connectivity index (χ1n) is 8.74. The van der Waals surface area contributed by atoms with Crippen molar-refractivity contribution in [1.29, 1.82) is 0 Å². The molecule has 1 aliphatic carbocycles. The van der Waals surface area contributed by atoms with Crippen LogP contribution in [0, 0.1) is 0 Å². The smallest absolute Gasteiger partial charge is 0.318 e. The van der Waals surface area contributed by atoms with E-state index in [1.54, 1.807) is 21.9 Å². The van der Waals surface area contributed by atoms with E-state index < -0.39 is 0 Å². The van der Waals surface area contributed by atoms with Crippen molar-refractivity contribution in [3.05, 3.63) is 59.0 Å². The number of nitrogens with zero attached hydrogens (tertiary/aromatic N) is 2. The molecule has 4 rings (SSSR count). The molecule has 0 spiro atoms. The van der Waals surface area contributed by atoms with Gasteiger partial charge in [-0.25, -0.2) is 4.79 Å². The highest BCUT2D eigenvalue weighted by atomic mass is 35.5. The maximum absolute atomic E-state index is 12.7. The third kappa shape index (κ3) is 3.17. The second-order valence-corrected chi connectivity index (χ2v) is 7.16. The minimum absolute atomic E-state index is 0.104. The molecule has 2 fully saturated rings. The summed E-state index contributed by atoms with van der Waals surface area (Å²) in [4.78, 5) is 28.5. The first kappa shape index (κ1) is 17.0. The predicted octanol–water partition coefficient (Wildman–Crippen LogP) is 3.09. The van der Waals surface area contributed by atoms with Crippen LogP contribution in [0.15, 0.2) is 47.1 Å². The molecule has 0 unspecified atom stereocenters. The van der Waals surface area contributed by atoms with Gasteiger partial charge in [-0.2, -0.15) is 0 Å². The monoisotopic (exact) mass is 373 g/mol. The number of furan rings is 1. The molecular formula is C19H20ClN3O3. The van der Waals surface area contributed by atoms with Gasteiger partial charge >= 0.3 is 6.03 Å². The molecule has 6 nitrogen and oxygen atoms in total. The number of carbonyl (C=O) groups excluding carboxylic acids is 2. The Morgan fingerprint density at radius 1 is 1.00 bits per heavy atom. The molecule has 2 aromatic rings. The zero-order chi connectivity index (χ0) is 18.1. The summed E-state index contributed by atoms with van der Waals surface area (Å²) in [5, 5.41) is 3.83. The van der Waals surface area contributed by atoms with Crippen LogP contribution in [0.1, 0.15) is 29.0 Å². The fourth-order valence-corrected chi connectivity index (χ4v) is 3.71. The van der Waals surface area contributed by atoms with Gasteiger partial charge in [0.15, 0.2) is 5.76 Å². The van der Waals surface area contributed by atoms with Crippen LogP contribution in [0.2, 0.25) is 5.02 Å². The van der Waals surface area contributed by atoms with Crippen LogP contribution in [-0.2, 0) is 5.54 Å². The lowest BCUT2D eigenvalue weighted by Crippen LogP contribution is -2.54. The molecule has 1 aliphatic heterocycles. The summed E-state index contributed by atoms with van der Waals surface area (Å²) >= 11 is 6.30. The van der Waals surface area contributed by atoms with Crippen molar-refractivity contribution in [1.82, 2.24) is 15.1 Å². The Morgan fingerprint density at radius 2 is 1.69 bits per heavy atom. The first-order valence-corrected chi connectivity index (χ1v) is 9.12. The summed E-state index contributed by atoms with van der Waals surface area (Å²) in [6.07, 6.45) is 3.26. The third-order valence-electron chi connectivity index (χ3n) is 5.07. The molecular weight excluding hydrogens is 354 g/mol. The van der Waals surface area contributed by atoms with E-state index in [2.05, 4.69) is 5.32 Å². The molecule has 26 heavy (non-hydrogen) atoms. The number of amides is 3.